The van der Waals surface area contributed by atoms with E-state index < -0.39 is 34.5 Å². The Labute approximate surface area is 212 Å². The lowest BCUT2D eigenvalue weighted by atomic mass is 9.93. The van der Waals surface area contributed by atoms with E-state index in [1.807, 2.05) is 0 Å². The van der Waals surface area contributed by atoms with Crippen LogP contribution in [0, 0.1) is 26.7 Å². The van der Waals surface area contributed by atoms with E-state index in [1.165, 1.54) is 7.11 Å². The van der Waals surface area contributed by atoms with Crippen molar-refractivity contribution in [3.05, 3.63) is 22.8 Å². The lowest BCUT2D eigenvalue weighted by Gasteiger charge is -2.22. The maximum atomic E-state index is 13.0. The second-order valence-electron chi connectivity index (χ2n) is 9.12. The quantitative estimate of drug-likeness (QED) is 0.251. The molecule has 0 saturated carbocycles. The molecule has 1 aromatic rings. The molecule has 0 aliphatic carbocycles. The molecule has 202 valence electrons. The summed E-state index contributed by atoms with van der Waals surface area (Å²) in [6.07, 6.45) is 3.28. The largest absolute Gasteiger partial charge is 0.496 e. The fourth-order valence-corrected chi connectivity index (χ4v) is 6.00. The molecular formula is C24H38N4O7S. The molecule has 1 aromatic carbocycles. The first kappa shape index (κ1) is 29.5. The van der Waals surface area contributed by atoms with E-state index in [2.05, 4.69) is 20.7 Å². The molecule has 0 radical (unpaired) electrons. The van der Waals surface area contributed by atoms with E-state index in [1.54, 1.807) is 26.8 Å². The molecule has 0 unspecified atom stereocenters. The van der Waals surface area contributed by atoms with Crippen molar-refractivity contribution in [2.45, 2.75) is 63.8 Å². The zero-order valence-electron chi connectivity index (χ0n) is 21.4. The summed E-state index contributed by atoms with van der Waals surface area (Å²) in [7, 11) is -2.72. The Bertz CT molecular complexity index is 1050. The predicted molar refractivity (Wildman–Crippen MR) is 134 cm³/mol. The average Bonchev–Trinajstić information content (AvgIpc) is 2.83. The van der Waals surface area contributed by atoms with E-state index in [9.17, 15) is 27.9 Å². The van der Waals surface area contributed by atoms with Gasteiger partial charge in [-0.05, 0) is 81.8 Å². The van der Waals surface area contributed by atoms with Gasteiger partial charge in [-0.1, -0.05) is 0 Å². The number of ether oxygens (including phenoxy) is 1. The number of hydrogen-bond acceptors (Lipinski definition) is 7. The summed E-state index contributed by atoms with van der Waals surface area (Å²) >= 11 is 0. The number of piperidine rings is 1. The van der Waals surface area contributed by atoms with Crippen molar-refractivity contribution in [3.8, 4) is 5.75 Å². The Morgan fingerprint density at radius 3 is 2.33 bits per heavy atom. The normalized spacial score (nSPS) is 15.2. The van der Waals surface area contributed by atoms with Crippen LogP contribution in [-0.4, -0.2) is 70.6 Å². The lowest BCUT2D eigenvalue weighted by Crippen LogP contribution is -2.48. The summed E-state index contributed by atoms with van der Waals surface area (Å²) in [6, 6.07) is 0.00879. The highest BCUT2D eigenvalue weighted by molar-refractivity contribution is 7.89. The SMILES string of the molecule is COc1cc(C)c(S(=O)(=O)N[C@@H](CNC(=O)CCNC(=O)CCC2CCNCC2)C(=O)O)c(C)c1C. The topological polar surface area (TPSA) is 163 Å². The van der Waals surface area contributed by atoms with Gasteiger partial charge in [0.1, 0.15) is 11.8 Å². The molecule has 36 heavy (non-hydrogen) atoms. The fraction of sp³-hybridized carbons (Fsp3) is 0.625. The number of carbonyl (C=O) groups excluding carboxylic acids is 2. The van der Waals surface area contributed by atoms with Crippen molar-refractivity contribution in [3.63, 3.8) is 0 Å². The average molecular weight is 527 g/mol. The number of sulfonamides is 1. The number of aliphatic carboxylic acids is 1. The first-order valence-electron chi connectivity index (χ1n) is 12.1. The zero-order chi connectivity index (χ0) is 26.9. The molecule has 1 heterocycles. The van der Waals surface area contributed by atoms with Gasteiger partial charge in [-0.15, -0.1) is 0 Å². The lowest BCUT2D eigenvalue weighted by molar-refractivity contribution is -0.138. The molecule has 11 nitrogen and oxygen atoms in total. The van der Waals surface area contributed by atoms with E-state index in [-0.39, 0.29) is 23.8 Å². The van der Waals surface area contributed by atoms with Gasteiger partial charge in [0.25, 0.3) is 0 Å². The van der Waals surface area contributed by atoms with Crippen molar-refractivity contribution < 1.29 is 32.6 Å². The van der Waals surface area contributed by atoms with Crippen LogP contribution in [0.2, 0.25) is 0 Å². The Kier molecular flexibility index (Phi) is 11.1. The van der Waals surface area contributed by atoms with Crippen LogP contribution in [0.25, 0.3) is 0 Å². The highest BCUT2D eigenvalue weighted by atomic mass is 32.2. The highest BCUT2D eigenvalue weighted by Gasteiger charge is 2.29. The molecule has 12 heteroatoms. The van der Waals surface area contributed by atoms with Gasteiger partial charge in [0.2, 0.25) is 21.8 Å². The molecule has 5 N–H and O–H groups in total. The third-order valence-corrected chi connectivity index (χ3v) is 8.24. The van der Waals surface area contributed by atoms with Gasteiger partial charge < -0.3 is 25.8 Å². The fourth-order valence-electron chi connectivity index (χ4n) is 4.29. The maximum Gasteiger partial charge on any atom is 0.323 e. The van der Waals surface area contributed by atoms with Crippen LogP contribution < -0.4 is 25.4 Å². The molecule has 0 bridgehead atoms. The summed E-state index contributed by atoms with van der Waals surface area (Å²) in [6.45, 7) is 6.55. The third kappa shape index (κ3) is 8.45. The number of benzene rings is 1. The van der Waals surface area contributed by atoms with Crippen LogP contribution in [0.5, 0.6) is 5.75 Å². The number of nitrogens with one attached hydrogen (secondary N) is 4. The highest BCUT2D eigenvalue weighted by Crippen LogP contribution is 2.30. The van der Waals surface area contributed by atoms with Gasteiger partial charge in [0.05, 0.1) is 12.0 Å². The summed E-state index contributed by atoms with van der Waals surface area (Å²) in [5, 5.41) is 17.9. The van der Waals surface area contributed by atoms with Crippen LogP contribution in [0.1, 0.15) is 48.8 Å². The third-order valence-electron chi connectivity index (χ3n) is 6.48. The van der Waals surface area contributed by atoms with Crippen molar-refractivity contribution >= 4 is 27.8 Å². The minimum absolute atomic E-state index is 0.0226. The molecule has 1 fully saturated rings. The smallest absolute Gasteiger partial charge is 0.323 e. The van der Waals surface area contributed by atoms with Gasteiger partial charge >= 0.3 is 5.97 Å². The number of methoxy groups -OCH3 is 1. The number of amides is 2. The molecule has 2 rings (SSSR count). The van der Waals surface area contributed by atoms with Crippen molar-refractivity contribution in [1.29, 1.82) is 0 Å². The van der Waals surface area contributed by atoms with Gasteiger partial charge in [-0.3, -0.25) is 14.4 Å². The summed E-state index contributed by atoms with van der Waals surface area (Å²) in [5.41, 5.74) is 1.48. The zero-order valence-corrected chi connectivity index (χ0v) is 22.2. The van der Waals surface area contributed by atoms with Crippen molar-refractivity contribution in [1.82, 2.24) is 20.7 Å². The number of aryl methyl sites for hydroxylation is 1. The van der Waals surface area contributed by atoms with E-state index in [4.69, 9.17) is 4.74 Å². The first-order valence-corrected chi connectivity index (χ1v) is 13.6. The van der Waals surface area contributed by atoms with E-state index in [0.717, 1.165) is 32.4 Å². The van der Waals surface area contributed by atoms with E-state index >= 15 is 0 Å². The molecule has 0 spiro atoms. The maximum absolute atomic E-state index is 13.0. The summed E-state index contributed by atoms with van der Waals surface area (Å²) in [5.74, 6) is -0.980. The van der Waals surface area contributed by atoms with Crippen molar-refractivity contribution in [2.24, 2.45) is 5.92 Å². The molecule has 1 saturated heterocycles. The van der Waals surface area contributed by atoms with Crippen LogP contribution in [-0.2, 0) is 24.4 Å². The summed E-state index contributed by atoms with van der Waals surface area (Å²) in [4.78, 5) is 35.9. The molecule has 1 atom stereocenters. The minimum Gasteiger partial charge on any atom is -0.496 e. The number of carboxylic acid groups (broad SMARTS) is 1. The minimum atomic E-state index is -4.20. The van der Waals surface area contributed by atoms with Crippen LogP contribution in [0.3, 0.4) is 0 Å². The number of rotatable bonds is 13. The van der Waals surface area contributed by atoms with Gasteiger partial charge in [-0.25, -0.2) is 8.42 Å². The molecule has 2 amide bonds. The second kappa shape index (κ2) is 13.6. The molecule has 0 aromatic heterocycles. The Balaban J connectivity index is 1.86. The number of carboxylic acids is 1. The van der Waals surface area contributed by atoms with Crippen molar-refractivity contribution in [2.75, 3.05) is 33.3 Å². The van der Waals surface area contributed by atoms with Gasteiger partial charge in [-0.2, -0.15) is 4.72 Å². The summed E-state index contributed by atoms with van der Waals surface area (Å²) < 4.78 is 33.5. The Morgan fingerprint density at radius 2 is 1.72 bits per heavy atom. The molecule has 1 aliphatic rings. The number of carbonyl (C=O) groups is 3. The second-order valence-corrected chi connectivity index (χ2v) is 10.8. The van der Waals surface area contributed by atoms with Crippen LogP contribution >= 0.6 is 0 Å². The Hall–Kier alpha value is -2.70. The molecular weight excluding hydrogens is 488 g/mol. The standard InChI is InChI=1S/C24H38N4O7S/c1-15-13-20(35-4)16(2)17(3)23(15)36(33,34)28-19(24(31)32)14-27-22(30)9-12-26-21(29)6-5-18-7-10-25-11-8-18/h13,18-19,25,28H,5-12,14H2,1-4H3,(H,26,29)(H,27,30)(H,31,32)/t19-/m0/s1. The number of hydrogen-bond donors (Lipinski definition) is 5. The molecule has 1 aliphatic heterocycles. The predicted octanol–water partition coefficient (Wildman–Crippen LogP) is 0.754. The first-order chi connectivity index (χ1) is 17.0. The monoisotopic (exact) mass is 526 g/mol. The van der Waals surface area contributed by atoms with Crippen LogP contribution in [0.15, 0.2) is 11.0 Å². The Morgan fingerprint density at radius 1 is 1.08 bits per heavy atom. The van der Waals surface area contributed by atoms with E-state index in [0.29, 0.717) is 34.8 Å². The van der Waals surface area contributed by atoms with Gasteiger partial charge in [0.15, 0.2) is 0 Å². The van der Waals surface area contributed by atoms with Gasteiger partial charge in [0, 0.05) is 25.9 Å². The van der Waals surface area contributed by atoms with Crippen LogP contribution in [0.4, 0.5) is 0 Å².